The molecule has 0 fully saturated rings. The Kier molecular flexibility index (Phi) is 3.36. The molecule has 0 amide bonds. The van der Waals surface area contributed by atoms with Gasteiger partial charge in [-0.3, -0.25) is 0 Å². The zero-order chi connectivity index (χ0) is 9.68. The van der Waals surface area contributed by atoms with E-state index in [9.17, 15) is 0 Å². The summed E-state index contributed by atoms with van der Waals surface area (Å²) in [6, 6.07) is 3.85. The summed E-state index contributed by atoms with van der Waals surface area (Å²) in [6.45, 7) is 2.04. The van der Waals surface area contributed by atoms with Gasteiger partial charge in [0.25, 0.3) is 0 Å². The highest BCUT2D eigenvalue weighted by Gasteiger charge is 2.08. The molecular formula is C8H8N4S. The quantitative estimate of drug-likeness (QED) is 0.724. The Balaban J connectivity index is 2.91. The second-order valence-electron chi connectivity index (χ2n) is 2.26. The van der Waals surface area contributed by atoms with E-state index in [0.29, 0.717) is 11.6 Å². The fourth-order valence-electron chi connectivity index (χ4n) is 0.869. The summed E-state index contributed by atoms with van der Waals surface area (Å²) in [5.41, 5.74) is 0.558. The minimum Gasteiger partial charge on any atom is -0.311 e. The van der Waals surface area contributed by atoms with Crippen molar-refractivity contribution in [1.82, 2.24) is 9.55 Å². The molecule has 0 aliphatic heterocycles. The van der Waals surface area contributed by atoms with Crippen LogP contribution in [0.4, 0.5) is 0 Å². The maximum atomic E-state index is 8.75. The van der Waals surface area contributed by atoms with Crippen molar-refractivity contribution in [2.45, 2.75) is 12.8 Å². The van der Waals surface area contributed by atoms with E-state index in [4.69, 9.17) is 10.5 Å². The van der Waals surface area contributed by atoms with E-state index in [1.165, 1.54) is 6.33 Å². The van der Waals surface area contributed by atoms with Gasteiger partial charge in [0.2, 0.25) is 0 Å². The number of hydrogen-bond acceptors (Lipinski definition) is 4. The number of rotatable bonds is 3. The second-order valence-corrected chi connectivity index (χ2v) is 3.50. The SMILES string of the molecule is CCSCn1cnc(C#N)c1C#N. The van der Waals surface area contributed by atoms with Gasteiger partial charge >= 0.3 is 0 Å². The van der Waals surface area contributed by atoms with Crippen LogP contribution in [0.2, 0.25) is 0 Å². The molecule has 1 heterocycles. The average Bonchev–Trinajstić information content (AvgIpc) is 2.56. The molecule has 13 heavy (non-hydrogen) atoms. The average molecular weight is 192 g/mol. The Labute approximate surface area is 80.8 Å². The van der Waals surface area contributed by atoms with E-state index in [0.717, 1.165) is 5.75 Å². The number of hydrogen-bond donors (Lipinski definition) is 0. The largest absolute Gasteiger partial charge is 0.311 e. The van der Waals surface area contributed by atoms with Crippen LogP contribution in [0.15, 0.2) is 6.33 Å². The van der Waals surface area contributed by atoms with Crippen LogP contribution in [0.5, 0.6) is 0 Å². The fraction of sp³-hybridized carbons (Fsp3) is 0.375. The third kappa shape index (κ3) is 2.01. The number of nitrogens with zero attached hydrogens (tertiary/aromatic N) is 4. The van der Waals surface area contributed by atoms with Crippen LogP contribution >= 0.6 is 11.8 Å². The molecule has 4 nitrogen and oxygen atoms in total. The highest BCUT2D eigenvalue weighted by Crippen LogP contribution is 2.10. The first-order valence-electron chi connectivity index (χ1n) is 3.76. The van der Waals surface area contributed by atoms with Crippen molar-refractivity contribution < 1.29 is 0 Å². The molecule has 0 saturated carbocycles. The summed E-state index contributed by atoms with van der Waals surface area (Å²) in [7, 11) is 0. The lowest BCUT2D eigenvalue weighted by atomic mass is 10.4. The van der Waals surface area contributed by atoms with Gasteiger partial charge in [-0.05, 0) is 5.75 Å². The van der Waals surface area contributed by atoms with Crippen molar-refractivity contribution in [3.63, 3.8) is 0 Å². The first-order valence-corrected chi connectivity index (χ1v) is 4.92. The van der Waals surface area contributed by atoms with Crippen molar-refractivity contribution in [2.75, 3.05) is 5.75 Å². The molecule has 1 aromatic heterocycles. The molecule has 1 aromatic rings. The molecule has 0 N–H and O–H groups in total. The third-order valence-electron chi connectivity index (χ3n) is 1.48. The van der Waals surface area contributed by atoms with Gasteiger partial charge in [-0.1, -0.05) is 6.92 Å². The Morgan fingerprint density at radius 3 is 2.85 bits per heavy atom. The molecule has 0 spiro atoms. The fourth-order valence-corrected chi connectivity index (χ4v) is 1.44. The van der Waals surface area contributed by atoms with Gasteiger partial charge in [0.15, 0.2) is 11.4 Å². The topological polar surface area (TPSA) is 65.4 Å². The third-order valence-corrected chi connectivity index (χ3v) is 2.35. The number of thioether (sulfide) groups is 1. The molecule has 0 aliphatic rings. The van der Waals surface area contributed by atoms with Crippen LogP contribution in [0, 0.1) is 22.7 Å². The van der Waals surface area contributed by atoms with Crippen LogP contribution in [0.3, 0.4) is 0 Å². The molecular weight excluding hydrogens is 184 g/mol. The Morgan fingerprint density at radius 1 is 1.54 bits per heavy atom. The zero-order valence-electron chi connectivity index (χ0n) is 7.19. The maximum Gasteiger partial charge on any atom is 0.176 e. The summed E-state index contributed by atoms with van der Waals surface area (Å²) in [6.07, 6.45) is 1.53. The standard InChI is InChI=1S/C8H8N4S/c1-2-13-6-12-5-11-7(3-9)8(12)4-10/h5H,2,6H2,1H3. The summed E-state index contributed by atoms with van der Waals surface area (Å²) < 4.78 is 1.69. The number of nitriles is 2. The van der Waals surface area contributed by atoms with Crippen molar-refractivity contribution in [2.24, 2.45) is 0 Å². The molecule has 0 unspecified atom stereocenters. The van der Waals surface area contributed by atoms with E-state index in [1.807, 2.05) is 19.1 Å². The zero-order valence-corrected chi connectivity index (χ0v) is 8.01. The normalized spacial score (nSPS) is 9.15. The molecule has 66 valence electrons. The van der Waals surface area contributed by atoms with E-state index in [1.54, 1.807) is 16.3 Å². The molecule has 5 heteroatoms. The van der Waals surface area contributed by atoms with Crippen molar-refractivity contribution >= 4 is 11.8 Å². The van der Waals surface area contributed by atoms with Crippen LogP contribution < -0.4 is 0 Å². The van der Waals surface area contributed by atoms with E-state index >= 15 is 0 Å². The van der Waals surface area contributed by atoms with Gasteiger partial charge in [0.1, 0.15) is 12.1 Å². The minimum absolute atomic E-state index is 0.208. The molecule has 0 radical (unpaired) electrons. The van der Waals surface area contributed by atoms with Gasteiger partial charge in [-0.25, -0.2) is 4.98 Å². The molecule has 1 rings (SSSR count). The molecule has 0 aliphatic carbocycles. The lowest BCUT2D eigenvalue weighted by molar-refractivity contribution is 0.873. The lowest BCUT2D eigenvalue weighted by Gasteiger charge is -1.99. The van der Waals surface area contributed by atoms with E-state index < -0.39 is 0 Å². The van der Waals surface area contributed by atoms with E-state index in [2.05, 4.69) is 4.98 Å². The van der Waals surface area contributed by atoms with Gasteiger partial charge in [0, 0.05) is 0 Å². The molecule has 0 atom stereocenters. The predicted molar refractivity (Wildman–Crippen MR) is 49.8 cm³/mol. The van der Waals surface area contributed by atoms with E-state index in [-0.39, 0.29) is 5.69 Å². The van der Waals surface area contributed by atoms with Gasteiger partial charge in [-0.2, -0.15) is 10.5 Å². The Morgan fingerprint density at radius 2 is 2.31 bits per heavy atom. The maximum absolute atomic E-state index is 8.75. The van der Waals surface area contributed by atoms with Crippen molar-refractivity contribution in [3.05, 3.63) is 17.7 Å². The van der Waals surface area contributed by atoms with Crippen LogP contribution in [-0.4, -0.2) is 15.3 Å². The van der Waals surface area contributed by atoms with Crippen molar-refractivity contribution in [1.29, 1.82) is 10.5 Å². The highest BCUT2D eigenvalue weighted by atomic mass is 32.2. The smallest absolute Gasteiger partial charge is 0.176 e. The molecule has 0 saturated heterocycles. The number of imidazole rings is 1. The van der Waals surface area contributed by atoms with Gasteiger partial charge < -0.3 is 4.57 Å². The summed E-state index contributed by atoms with van der Waals surface area (Å²) in [5, 5.41) is 17.4. The first-order chi connectivity index (χ1) is 6.33. The monoisotopic (exact) mass is 192 g/mol. The van der Waals surface area contributed by atoms with Gasteiger partial charge in [0.05, 0.1) is 12.2 Å². The molecule has 0 aromatic carbocycles. The second kappa shape index (κ2) is 4.54. The summed E-state index contributed by atoms with van der Waals surface area (Å²) >= 11 is 1.68. The predicted octanol–water partition coefficient (Wildman–Crippen LogP) is 1.34. The number of aromatic nitrogens is 2. The Bertz CT molecular complexity index is 368. The van der Waals surface area contributed by atoms with Crippen LogP contribution in [0.1, 0.15) is 18.3 Å². The lowest BCUT2D eigenvalue weighted by Crippen LogP contribution is -1.96. The first kappa shape index (κ1) is 9.63. The van der Waals surface area contributed by atoms with Crippen molar-refractivity contribution in [3.8, 4) is 12.1 Å². The van der Waals surface area contributed by atoms with Crippen LogP contribution in [0.25, 0.3) is 0 Å². The summed E-state index contributed by atoms with van der Waals surface area (Å²) in [5.74, 6) is 1.65. The minimum atomic E-state index is 0.208. The summed E-state index contributed by atoms with van der Waals surface area (Å²) in [4.78, 5) is 3.82. The van der Waals surface area contributed by atoms with Crippen LogP contribution in [-0.2, 0) is 5.88 Å². The Hall–Kier alpha value is -1.46. The van der Waals surface area contributed by atoms with Gasteiger partial charge in [-0.15, -0.1) is 11.8 Å². The highest BCUT2D eigenvalue weighted by molar-refractivity contribution is 7.98. The molecule has 0 bridgehead atoms.